The molecule has 4 unspecified atom stereocenters. The van der Waals surface area contributed by atoms with Gasteiger partial charge in [-0.3, -0.25) is 14.4 Å². The Morgan fingerprint density at radius 3 is 2.45 bits per heavy atom. The lowest BCUT2D eigenvalue weighted by molar-refractivity contribution is -0.121. The van der Waals surface area contributed by atoms with E-state index in [0.29, 0.717) is 21.2 Å². The molecule has 3 aliphatic rings. The Labute approximate surface area is 228 Å². The molecule has 3 aromatic carbocycles. The number of para-hydroxylation sites is 2. The van der Waals surface area contributed by atoms with Crippen LogP contribution in [0.2, 0.25) is 5.02 Å². The number of hydrogen-bond donors (Lipinski definition) is 1. The molecule has 5 nitrogen and oxygen atoms in total. The number of halogens is 1. The van der Waals surface area contributed by atoms with Crippen molar-refractivity contribution in [2.45, 2.75) is 17.5 Å². The van der Waals surface area contributed by atoms with Gasteiger partial charge in [-0.1, -0.05) is 66.2 Å². The molecule has 0 aliphatic carbocycles. The summed E-state index contributed by atoms with van der Waals surface area (Å²) in [6.07, 6.45) is 3.97. The number of rotatable bonds is 4. The first-order chi connectivity index (χ1) is 18.5. The van der Waals surface area contributed by atoms with E-state index in [1.165, 1.54) is 11.3 Å². The van der Waals surface area contributed by atoms with Crippen LogP contribution in [0.15, 0.2) is 96.4 Å². The van der Waals surface area contributed by atoms with Gasteiger partial charge in [0.1, 0.15) is 11.5 Å². The maximum Gasteiger partial charge on any atom is 0.238 e. The van der Waals surface area contributed by atoms with Crippen molar-refractivity contribution in [1.82, 2.24) is 0 Å². The molecule has 4 atom stereocenters. The van der Waals surface area contributed by atoms with Crippen molar-refractivity contribution < 1.29 is 14.4 Å². The molecule has 4 heterocycles. The zero-order valence-corrected chi connectivity index (χ0v) is 21.6. The number of thiophene rings is 1. The summed E-state index contributed by atoms with van der Waals surface area (Å²) < 4.78 is 0. The van der Waals surface area contributed by atoms with Crippen LogP contribution in [-0.4, -0.2) is 29.6 Å². The number of carbonyl (C=O) groups excluding carboxylic acids is 3. The van der Waals surface area contributed by atoms with Crippen molar-refractivity contribution >= 4 is 57.9 Å². The van der Waals surface area contributed by atoms with Gasteiger partial charge >= 0.3 is 0 Å². The fraction of sp³-hybridized carbons (Fsp3) is 0.129. The molecule has 0 saturated carbocycles. The maximum absolute atomic E-state index is 14.6. The van der Waals surface area contributed by atoms with E-state index in [4.69, 9.17) is 11.6 Å². The molecule has 1 N–H and O–H groups in total. The molecule has 7 rings (SSSR count). The monoisotopic (exact) mass is 536 g/mol. The van der Waals surface area contributed by atoms with E-state index in [1.54, 1.807) is 30.3 Å². The molecule has 186 valence electrons. The predicted octanol–water partition coefficient (Wildman–Crippen LogP) is 6.26. The smallest absolute Gasteiger partial charge is 0.238 e. The van der Waals surface area contributed by atoms with E-state index in [-0.39, 0.29) is 17.5 Å². The second-order valence-electron chi connectivity index (χ2n) is 9.77. The second-order valence-corrected chi connectivity index (χ2v) is 11.2. The molecule has 3 aliphatic heterocycles. The summed E-state index contributed by atoms with van der Waals surface area (Å²) in [6.45, 7) is 0. The minimum atomic E-state index is -1.31. The molecule has 38 heavy (non-hydrogen) atoms. The summed E-state index contributed by atoms with van der Waals surface area (Å²) >= 11 is 7.49. The van der Waals surface area contributed by atoms with Crippen LogP contribution >= 0.6 is 22.9 Å². The fourth-order valence-corrected chi connectivity index (χ4v) is 7.30. The van der Waals surface area contributed by atoms with E-state index in [2.05, 4.69) is 5.32 Å². The molecular formula is C31H21ClN2O3S. The Kier molecular flexibility index (Phi) is 5.18. The van der Waals surface area contributed by atoms with Crippen LogP contribution in [-0.2, 0) is 10.2 Å². The highest BCUT2D eigenvalue weighted by atomic mass is 35.5. The summed E-state index contributed by atoms with van der Waals surface area (Å²) in [6, 6.07) is 24.1. The maximum atomic E-state index is 14.6. The van der Waals surface area contributed by atoms with Gasteiger partial charge in [0.05, 0.1) is 16.8 Å². The highest BCUT2D eigenvalue weighted by Crippen LogP contribution is 2.58. The topological polar surface area (TPSA) is 66.5 Å². The van der Waals surface area contributed by atoms with Gasteiger partial charge in [0.15, 0.2) is 11.6 Å². The summed E-state index contributed by atoms with van der Waals surface area (Å²) in [7, 11) is 0. The summed E-state index contributed by atoms with van der Waals surface area (Å²) in [5, 5.41) is 5.41. The number of nitrogens with zero attached hydrogens (tertiary/aromatic N) is 1. The SMILES string of the molecule is O=C(c1cccs1)C1C(C(=O)c2ccc(Cl)cc2)C2(C(=O)Nc3ccccc32)C2C=Cc3ccccc3N12. The molecule has 0 bridgehead atoms. The predicted molar refractivity (Wildman–Crippen MR) is 150 cm³/mol. The van der Waals surface area contributed by atoms with Crippen LogP contribution in [0, 0.1) is 5.92 Å². The zero-order chi connectivity index (χ0) is 26.0. The molecule has 7 heteroatoms. The van der Waals surface area contributed by atoms with Crippen LogP contribution in [0.5, 0.6) is 0 Å². The van der Waals surface area contributed by atoms with Gasteiger partial charge in [0.25, 0.3) is 0 Å². The number of Topliss-reactive ketones (excluding diaryl/α,β-unsaturated/α-hetero) is 2. The Morgan fingerprint density at radius 1 is 0.895 bits per heavy atom. The van der Waals surface area contributed by atoms with Crippen molar-refractivity contribution in [3.8, 4) is 0 Å². The number of hydrogen-bond acceptors (Lipinski definition) is 5. The molecule has 1 aromatic heterocycles. The number of amides is 1. The number of carbonyl (C=O) groups is 3. The van der Waals surface area contributed by atoms with Gasteiger partial charge in [-0.05, 0) is 59.0 Å². The molecule has 1 fully saturated rings. The minimum Gasteiger partial charge on any atom is -0.352 e. The van der Waals surface area contributed by atoms with E-state index >= 15 is 0 Å². The van der Waals surface area contributed by atoms with Crippen LogP contribution in [0.25, 0.3) is 6.08 Å². The number of fused-ring (bicyclic) bond motifs is 6. The average Bonchev–Trinajstić information content (AvgIpc) is 3.65. The molecule has 4 aromatic rings. The Hall–Kier alpha value is -4.00. The third-order valence-electron chi connectivity index (χ3n) is 7.99. The van der Waals surface area contributed by atoms with Crippen LogP contribution in [0.1, 0.15) is 31.2 Å². The number of benzene rings is 3. The Morgan fingerprint density at radius 2 is 1.66 bits per heavy atom. The normalized spacial score (nSPS) is 24.6. The number of anilines is 2. The summed E-state index contributed by atoms with van der Waals surface area (Å²) in [4.78, 5) is 45.8. The molecule has 1 amide bonds. The first kappa shape index (κ1) is 23.1. The zero-order valence-electron chi connectivity index (χ0n) is 20.0. The van der Waals surface area contributed by atoms with E-state index in [0.717, 1.165) is 16.8 Å². The van der Waals surface area contributed by atoms with Crippen molar-refractivity contribution in [3.63, 3.8) is 0 Å². The minimum absolute atomic E-state index is 0.170. The first-order valence-electron chi connectivity index (χ1n) is 12.4. The van der Waals surface area contributed by atoms with Gasteiger partial charge < -0.3 is 10.2 Å². The van der Waals surface area contributed by atoms with Crippen molar-refractivity contribution in [2.24, 2.45) is 5.92 Å². The van der Waals surface area contributed by atoms with Crippen LogP contribution in [0.3, 0.4) is 0 Å². The lowest BCUT2D eigenvalue weighted by atomic mass is 9.64. The van der Waals surface area contributed by atoms with Gasteiger partial charge in [-0.2, -0.15) is 0 Å². The van der Waals surface area contributed by atoms with E-state index in [9.17, 15) is 14.4 Å². The van der Waals surface area contributed by atoms with E-state index in [1.807, 2.05) is 77.0 Å². The standard InChI is InChI=1S/C31H21ClN2O3S/c32-20-14-11-19(12-15-20)28(35)26-27(29(36)24-10-5-17-38-24)34-23-9-4-1-6-18(23)13-16-25(34)31(26)21-7-2-3-8-22(21)33-30(31)37/h1-17,25-27H,(H,33,37). The van der Waals surface area contributed by atoms with Gasteiger partial charge in [-0.25, -0.2) is 0 Å². The Bertz CT molecular complexity index is 1650. The summed E-state index contributed by atoms with van der Waals surface area (Å²) in [5.74, 6) is -1.69. The second kappa shape index (κ2) is 8.51. The molecule has 0 radical (unpaired) electrons. The van der Waals surface area contributed by atoms with Gasteiger partial charge in [0.2, 0.25) is 5.91 Å². The lowest BCUT2D eigenvalue weighted by Gasteiger charge is -2.37. The van der Waals surface area contributed by atoms with Gasteiger partial charge in [0, 0.05) is 22.0 Å². The number of ketones is 2. The van der Waals surface area contributed by atoms with Crippen LogP contribution in [0.4, 0.5) is 11.4 Å². The highest BCUT2D eigenvalue weighted by Gasteiger charge is 2.70. The van der Waals surface area contributed by atoms with Crippen molar-refractivity contribution in [1.29, 1.82) is 0 Å². The average molecular weight is 537 g/mol. The molecule has 1 saturated heterocycles. The lowest BCUT2D eigenvalue weighted by Crippen LogP contribution is -2.51. The van der Waals surface area contributed by atoms with E-state index < -0.39 is 23.4 Å². The highest BCUT2D eigenvalue weighted by molar-refractivity contribution is 7.12. The van der Waals surface area contributed by atoms with Crippen LogP contribution < -0.4 is 10.2 Å². The molecule has 1 spiro atoms. The third kappa shape index (κ3) is 3.08. The quantitative estimate of drug-likeness (QED) is 0.313. The van der Waals surface area contributed by atoms with Crippen molar-refractivity contribution in [3.05, 3.63) is 123 Å². The Balaban J connectivity index is 1.54. The summed E-state index contributed by atoms with van der Waals surface area (Å²) in [5.41, 5.74) is 2.28. The molecular weight excluding hydrogens is 516 g/mol. The largest absolute Gasteiger partial charge is 0.352 e. The first-order valence-corrected chi connectivity index (χ1v) is 13.6. The van der Waals surface area contributed by atoms with Crippen molar-refractivity contribution in [2.75, 3.05) is 10.2 Å². The number of nitrogens with one attached hydrogen (secondary N) is 1. The third-order valence-corrected chi connectivity index (χ3v) is 9.12. The fourth-order valence-electron chi connectivity index (χ4n) is 6.48. The van der Waals surface area contributed by atoms with Gasteiger partial charge in [-0.15, -0.1) is 11.3 Å².